The van der Waals surface area contributed by atoms with E-state index in [1.807, 2.05) is 0 Å². The highest BCUT2D eigenvalue weighted by molar-refractivity contribution is 7.10. The zero-order valence-electron chi connectivity index (χ0n) is 8.94. The zero-order valence-corrected chi connectivity index (χ0v) is 9.76. The maximum Gasteiger partial charge on any atom is 0.336 e. The van der Waals surface area contributed by atoms with E-state index in [1.165, 1.54) is 11.3 Å². The second-order valence-electron chi connectivity index (χ2n) is 3.87. The minimum atomic E-state index is -0.860. The highest BCUT2D eigenvalue weighted by Gasteiger charge is 2.14. The molecule has 1 saturated heterocycles. The van der Waals surface area contributed by atoms with Gasteiger partial charge < -0.3 is 15.2 Å². The molecule has 0 saturated carbocycles. The molecule has 0 aliphatic carbocycles. The third-order valence-corrected chi connectivity index (χ3v) is 3.53. The number of hydrogen-bond donors (Lipinski definition) is 2. The van der Waals surface area contributed by atoms with Crippen LogP contribution in [0.4, 0.5) is 0 Å². The lowest BCUT2D eigenvalue weighted by Crippen LogP contribution is -2.25. The summed E-state index contributed by atoms with van der Waals surface area (Å²) in [6.45, 7) is 2.44. The second-order valence-corrected chi connectivity index (χ2v) is 4.87. The molecule has 1 fully saturated rings. The van der Waals surface area contributed by atoms with Crippen molar-refractivity contribution in [3.8, 4) is 0 Å². The SMILES string of the molecule is O=C(O)c1csc(CNCC2CCCO2)c1. The molecule has 1 aliphatic rings. The number of thiophene rings is 1. The van der Waals surface area contributed by atoms with Gasteiger partial charge in [0.25, 0.3) is 0 Å². The van der Waals surface area contributed by atoms with Gasteiger partial charge in [0.05, 0.1) is 11.7 Å². The maximum atomic E-state index is 10.7. The van der Waals surface area contributed by atoms with Crippen molar-refractivity contribution in [2.24, 2.45) is 0 Å². The van der Waals surface area contributed by atoms with Gasteiger partial charge in [0, 0.05) is 30.0 Å². The van der Waals surface area contributed by atoms with E-state index in [1.54, 1.807) is 11.4 Å². The quantitative estimate of drug-likeness (QED) is 0.824. The molecule has 0 spiro atoms. The highest BCUT2D eigenvalue weighted by Crippen LogP contribution is 2.15. The molecule has 16 heavy (non-hydrogen) atoms. The number of nitrogens with one attached hydrogen (secondary N) is 1. The number of carbonyl (C=O) groups is 1. The average Bonchev–Trinajstić information content (AvgIpc) is 2.87. The average molecular weight is 241 g/mol. The summed E-state index contributed by atoms with van der Waals surface area (Å²) < 4.78 is 5.48. The third-order valence-electron chi connectivity index (χ3n) is 2.60. The fourth-order valence-electron chi connectivity index (χ4n) is 1.75. The van der Waals surface area contributed by atoms with Gasteiger partial charge >= 0.3 is 5.97 Å². The first kappa shape index (κ1) is 11.6. The van der Waals surface area contributed by atoms with Gasteiger partial charge in [0.2, 0.25) is 0 Å². The molecule has 0 aromatic carbocycles. The summed E-state index contributed by atoms with van der Waals surface area (Å²) >= 11 is 1.48. The molecule has 5 heteroatoms. The molecule has 2 heterocycles. The van der Waals surface area contributed by atoms with Gasteiger partial charge in [-0.3, -0.25) is 0 Å². The van der Waals surface area contributed by atoms with Gasteiger partial charge in [0.1, 0.15) is 0 Å². The van der Waals surface area contributed by atoms with Crippen LogP contribution in [-0.2, 0) is 11.3 Å². The molecule has 2 N–H and O–H groups in total. The molecule has 1 aromatic heterocycles. The van der Waals surface area contributed by atoms with Crippen LogP contribution >= 0.6 is 11.3 Å². The van der Waals surface area contributed by atoms with Crippen molar-refractivity contribution < 1.29 is 14.6 Å². The lowest BCUT2D eigenvalue weighted by molar-refractivity contribution is 0.0697. The van der Waals surface area contributed by atoms with Crippen molar-refractivity contribution in [2.45, 2.75) is 25.5 Å². The first-order valence-electron chi connectivity index (χ1n) is 5.39. The summed E-state index contributed by atoms with van der Waals surface area (Å²) in [6, 6.07) is 1.72. The zero-order chi connectivity index (χ0) is 11.4. The Morgan fingerprint density at radius 3 is 3.19 bits per heavy atom. The molecule has 1 aromatic rings. The van der Waals surface area contributed by atoms with Crippen LogP contribution < -0.4 is 5.32 Å². The monoisotopic (exact) mass is 241 g/mol. The lowest BCUT2D eigenvalue weighted by Gasteiger charge is -2.09. The second kappa shape index (κ2) is 5.43. The molecule has 0 amide bonds. The van der Waals surface area contributed by atoms with E-state index in [9.17, 15) is 4.79 Å². The predicted molar refractivity (Wildman–Crippen MR) is 62.0 cm³/mol. The molecule has 4 nitrogen and oxygen atoms in total. The number of carboxylic acids is 1. The Labute approximate surface area is 98.2 Å². The topological polar surface area (TPSA) is 58.6 Å². The molecule has 0 bridgehead atoms. The van der Waals surface area contributed by atoms with E-state index in [4.69, 9.17) is 9.84 Å². The van der Waals surface area contributed by atoms with E-state index in [-0.39, 0.29) is 0 Å². The van der Waals surface area contributed by atoms with Crippen LogP contribution in [0.15, 0.2) is 11.4 Å². The highest BCUT2D eigenvalue weighted by atomic mass is 32.1. The van der Waals surface area contributed by atoms with E-state index < -0.39 is 5.97 Å². The summed E-state index contributed by atoms with van der Waals surface area (Å²) in [5, 5.41) is 13.7. The van der Waals surface area contributed by atoms with Gasteiger partial charge in [0.15, 0.2) is 0 Å². The number of ether oxygens (including phenoxy) is 1. The number of hydrogen-bond acceptors (Lipinski definition) is 4. The van der Waals surface area contributed by atoms with Crippen LogP contribution in [-0.4, -0.2) is 30.3 Å². The van der Waals surface area contributed by atoms with Crippen LogP contribution in [0.1, 0.15) is 28.1 Å². The van der Waals surface area contributed by atoms with Crippen molar-refractivity contribution in [1.82, 2.24) is 5.32 Å². The van der Waals surface area contributed by atoms with Crippen LogP contribution in [0.25, 0.3) is 0 Å². The smallest absolute Gasteiger partial charge is 0.336 e. The van der Waals surface area contributed by atoms with Crippen LogP contribution in [0.2, 0.25) is 0 Å². The fraction of sp³-hybridized carbons (Fsp3) is 0.545. The van der Waals surface area contributed by atoms with Crippen molar-refractivity contribution in [1.29, 1.82) is 0 Å². The van der Waals surface area contributed by atoms with Gasteiger partial charge in [-0.1, -0.05) is 0 Å². The van der Waals surface area contributed by atoms with Crippen molar-refractivity contribution in [3.05, 3.63) is 21.9 Å². The summed E-state index contributed by atoms with van der Waals surface area (Å²) in [6.07, 6.45) is 2.60. The summed E-state index contributed by atoms with van der Waals surface area (Å²) in [4.78, 5) is 11.7. The Morgan fingerprint density at radius 2 is 2.56 bits per heavy atom. The van der Waals surface area contributed by atoms with Gasteiger partial charge in [-0.05, 0) is 18.9 Å². The Balaban J connectivity index is 1.74. The van der Waals surface area contributed by atoms with Crippen molar-refractivity contribution in [2.75, 3.05) is 13.2 Å². The molecular formula is C11H15NO3S. The first-order valence-corrected chi connectivity index (χ1v) is 6.26. The standard InChI is InChI=1S/C11H15NO3S/c13-11(14)8-4-10(16-7-8)6-12-5-9-2-1-3-15-9/h4,7,9,12H,1-3,5-6H2,(H,13,14). The summed E-state index contributed by atoms with van der Waals surface area (Å²) in [5.41, 5.74) is 0.374. The Kier molecular flexibility index (Phi) is 3.93. The largest absolute Gasteiger partial charge is 0.478 e. The predicted octanol–water partition coefficient (Wildman–Crippen LogP) is 1.71. The van der Waals surface area contributed by atoms with Gasteiger partial charge in [-0.15, -0.1) is 11.3 Å². The molecule has 1 unspecified atom stereocenters. The summed E-state index contributed by atoms with van der Waals surface area (Å²) in [7, 11) is 0. The normalized spacial score (nSPS) is 20.1. The molecule has 88 valence electrons. The molecule has 0 radical (unpaired) electrons. The Morgan fingerprint density at radius 1 is 1.69 bits per heavy atom. The minimum Gasteiger partial charge on any atom is -0.478 e. The van der Waals surface area contributed by atoms with E-state index in [0.717, 1.165) is 37.4 Å². The van der Waals surface area contributed by atoms with Crippen LogP contribution in [0.5, 0.6) is 0 Å². The number of aromatic carboxylic acids is 1. The molecular weight excluding hydrogens is 226 g/mol. The van der Waals surface area contributed by atoms with Crippen LogP contribution in [0.3, 0.4) is 0 Å². The van der Waals surface area contributed by atoms with Crippen molar-refractivity contribution >= 4 is 17.3 Å². The van der Waals surface area contributed by atoms with Crippen LogP contribution in [0, 0.1) is 0 Å². The summed E-state index contributed by atoms with van der Waals surface area (Å²) in [5.74, 6) is -0.860. The molecule has 1 atom stereocenters. The third kappa shape index (κ3) is 3.04. The van der Waals surface area contributed by atoms with Gasteiger partial charge in [-0.25, -0.2) is 4.79 Å². The van der Waals surface area contributed by atoms with E-state index in [0.29, 0.717) is 11.7 Å². The minimum absolute atomic E-state index is 0.332. The Hall–Kier alpha value is -0.910. The number of carboxylic acid groups (broad SMARTS) is 1. The van der Waals surface area contributed by atoms with E-state index >= 15 is 0 Å². The lowest BCUT2D eigenvalue weighted by atomic mass is 10.2. The first-order chi connectivity index (χ1) is 7.75. The van der Waals surface area contributed by atoms with Crippen molar-refractivity contribution in [3.63, 3.8) is 0 Å². The molecule has 1 aliphatic heterocycles. The fourth-order valence-corrected chi connectivity index (χ4v) is 2.57. The maximum absolute atomic E-state index is 10.7. The number of rotatable bonds is 5. The Bertz CT molecular complexity index is 358. The van der Waals surface area contributed by atoms with Gasteiger partial charge in [-0.2, -0.15) is 0 Å². The molecule has 2 rings (SSSR count). The van der Waals surface area contributed by atoms with E-state index in [2.05, 4.69) is 5.32 Å².